The minimum absolute atomic E-state index is 0.387. The van der Waals surface area contributed by atoms with Gasteiger partial charge in [-0.05, 0) is 49.6 Å². The molecule has 1 aromatic carbocycles. The van der Waals surface area contributed by atoms with Crippen molar-refractivity contribution in [3.8, 4) is 0 Å². The number of aromatic nitrogens is 1. The normalized spacial score (nSPS) is 22.4. The third kappa shape index (κ3) is 3.73. The van der Waals surface area contributed by atoms with Crippen LogP contribution in [0.5, 0.6) is 0 Å². The van der Waals surface area contributed by atoms with Crippen LogP contribution in [0, 0.1) is 5.92 Å². The van der Waals surface area contributed by atoms with Crippen LogP contribution in [-0.4, -0.2) is 44.0 Å². The molecule has 2 saturated heterocycles. The Bertz CT molecular complexity index is 695. The molecule has 0 N–H and O–H groups in total. The highest BCUT2D eigenvalue weighted by Gasteiger charge is 2.23. The largest absolute Gasteiger partial charge is 0.381 e. The number of nitrogens with zero attached hydrogens (tertiary/aromatic N) is 2. The van der Waals surface area contributed by atoms with Crippen LogP contribution in [0.1, 0.15) is 19.3 Å². The molecule has 128 valence electrons. The van der Waals surface area contributed by atoms with Gasteiger partial charge in [0.15, 0.2) is 0 Å². The monoisotopic (exact) mass is 390 g/mol. The first-order valence-corrected chi connectivity index (χ1v) is 9.58. The first kappa shape index (κ1) is 16.3. The first-order valence-electron chi connectivity index (χ1n) is 8.78. The van der Waals surface area contributed by atoms with Gasteiger partial charge in [-0.25, -0.2) is 4.98 Å². The minimum Gasteiger partial charge on any atom is -0.381 e. The Morgan fingerprint density at radius 1 is 1.17 bits per heavy atom. The summed E-state index contributed by atoms with van der Waals surface area (Å²) in [7, 11) is 0. The molecule has 0 radical (unpaired) electrons. The van der Waals surface area contributed by atoms with E-state index in [0.29, 0.717) is 12.0 Å². The fraction of sp³-hybridized carbons (Fsp3) is 0.526. The maximum atomic E-state index is 6.10. The lowest BCUT2D eigenvalue weighted by Crippen LogP contribution is -2.38. The van der Waals surface area contributed by atoms with Crippen molar-refractivity contribution in [3.05, 3.63) is 34.8 Å². The SMILES string of the molecule is Brc1ccc2nc(N3CCC(OCC4CCOC4)CC3)ccc2c1. The average molecular weight is 391 g/mol. The van der Waals surface area contributed by atoms with E-state index in [0.717, 1.165) is 68.0 Å². The highest BCUT2D eigenvalue weighted by Crippen LogP contribution is 2.25. The van der Waals surface area contributed by atoms with E-state index < -0.39 is 0 Å². The molecule has 2 aliphatic rings. The van der Waals surface area contributed by atoms with Crippen molar-refractivity contribution < 1.29 is 9.47 Å². The molecule has 2 aromatic rings. The standard InChI is InChI=1S/C19H23BrN2O2/c20-16-2-3-18-15(11-16)1-4-19(21-18)22-8-5-17(6-9-22)24-13-14-7-10-23-12-14/h1-4,11,14,17H,5-10,12-13H2. The molecule has 0 saturated carbocycles. The van der Waals surface area contributed by atoms with Gasteiger partial charge in [0.05, 0.1) is 24.8 Å². The number of rotatable bonds is 4. The summed E-state index contributed by atoms with van der Waals surface area (Å²) in [6.45, 7) is 4.65. The van der Waals surface area contributed by atoms with Gasteiger partial charge in [0.25, 0.3) is 0 Å². The predicted octanol–water partition coefficient (Wildman–Crippen LogP) is 4.02. The van der Waals surface area contributed by atoms with Crippen molar-refractivity contribution in [1.29, 1.82) is 0 Å². The number of fused-ring (bicyclic) bond motifs is 1. The Hall–Kier alpha value is -1.17. The third-order valence-electron chi connectivity index (χ3n) is 4.99. The summed E-state index contributed by atoms with van der Waals surface area (Å²) >= 11 is 3.51. The molecule has 1 atom stereocenters. The fourth-order valence-electron chi connectivity index (χ4n) is 3.50. The molecule has 0 spiro atoms. The van der Waals surface area contributed by atoms with Crippen LogP contribution in [0.3, 0.4) is 0 Å². The van der Waals surface area contributed by atoms with E-state index in [1.165, 1.54) is 5.39 Å². The number of hydrogen-bond acceptors (Lipinski definition) is 4. The van der Waals surface area contributed by atoms with Gasteiger partial charge in [0.2, 0.25) is 0 Å². The molecule has 3 heterocycles. The van der Waals surface area contributed by atoms with Crippen LogP contribution >= 0.6 is 15.9 Å². The number of benzene rings is 1. The second kappa shape index (κ2) is 7.38. The highest BCUT2D eigenvalue weighted by atomic mass is 79.9. The van der Waals surface area contributed by atoms with Crippen LogP contribution < -0.4 is 4.90 Å². The Morgan fingerprint density at radius 2 is 2.04 bits per heavy atom. The minimum atomic E-state index is 0.387. The highest BCUT2D eigenvalue weighted by molar-refractivity contribution is 9.10. The number of ether oxygens (including phenoxy) is 2. The van der Waals surface area contributed by atoms with Crippen LogP contribution in [0.4, 0.5) is 5.82 Å². The van der Waals surface area contributed by atoms with Crippen LogP contribution in [0.15, 0.2) is 34.8 Å². The smallest absolute Gasteiger partial charge is 0.129 e. The fourth-order valence-corrected chi connectivity index (χ4v) is 3.88. The van der Waals surface area contributed by atoms with E-state index >= 15 is 0 Å². The van der Waals surface area contributed by atoms with Crippen LogP contribution in [0.2, 0.25) is 0 Å². The lowest BCUT2D eigenvalue weighted by Gasteiger charge is -2.33. The molecule has 0 aliphatic carbocycles. The molecule has 1 unspecified atom stereocenters. The summed E-state index contributed by atoms with van der Waals surface area (Å²) in [6, 6.07) is 10.5. The lowest BCUT2D eigenvalue weighted by molar-refractivity contribution is 0.0131. The zero-order valence-electron chi connectivity index (χ0n) is 13.8. The molecular formula is C19H23BrN2O2. The molecule has 1 aromatic heterocycles. The van der Waals surface area contributed by atoms with Crippen molar-refractivity contribution in [1.82, 2.24) is 4.98 Å². The Labute approximate surface area is 151 Å². The van der Waals surface area contributed by atoms with E-state index in [4.69, 9.17) is 14.5 Å². The summed E-state index contributed by atoms with van der Waals surface area (Å²) in [4.78, 5) is 7.20. The lowest BCUT2D eigenvalue weighted by atomic mass is 10.1. The van der Waals surface area contributed by atoms with Gasteiger partial charge in [-0.2, -0.15) is 0 Å². The first-order chi connectivity index (χ1) is 11.8. The second-order valence-electron chi connectivity index (χ2n) is 6.76. The number of piperidine rings is 1. The van der Waals surface area contributed by atoms with E-state index in [1.807, 2.05) is 6.07 Å². The summed E-state index contributed by atoms with van der Waals surface area (Å²) in [6.07, 6.45) is 3.69. The molecule has 4 rings (SSSR count). The topological polar surface area (TPSA) is 34.6 Å². The van der Waals surface area contributed by atoms with Gasteiger partial charge >= 0.3 is 0 Å². The van der Waals surface area contributed by atoms with Crippen LogP contribution in [-0.2, 0) is 9.47 Å². The average Bonchev–Trinajstić information content (AvgIpc) is 3.13. The molecule has 0 bridgehead atoms. The maximum Gasteiger partial charge on any atom is 0.129 e. The Balaban J connectivity index is 1.34. The molecule has 2 aliphatic heterocycles. The van der Waals surface area contributed by atoms with E-state index in [1.54, 1.807) is 0 Å². The predicted molar refractivity (Wildman–Crippen MR) is 99.6 cm³/mol. The van der Waals surface area contributed by atoms with Crippen LogP contribution in [0.25, 0.3) is 10.9 Å². The van der Waals surface area contributed by atoms with Gasteiger partial charge in [0, 0.05) is 35.5 Å². The van der Waals surface area contributed by atoms with Gasteiger partial charge < -0.3 is 14.4 Å². The van der Waals surface area contributed by atoms with Crippen molar-refractivity contribution in [3.63, 3.8) is 0 Å². The zero-order chi connectivity index (χ0) is 16.4. The van der Waals surface area contributed by atoms with Crippen molar-refractivity contribution >= 4 is 32.7 Å². The van der Waals surface area contributed by atoms with Gasteiger partial charge in [-0.1, -0.05) is 15.9 Å². The molecule has 24 heavy (non-hydrogen) atoms. The molecule has 5 heteroatoms. The summed E-state index contributed by atoms with van der Waals surface area (Å²) < 4.78 is 12.6. The van der Waals surface area contributed by atoms with Crippen molar-refractivity contribution in [2.45, 2.75) is 25.4 Å². The summed E-state index contributed by atoms with van der Waals surface area (Å²) in [5.41, 5.74) is 1.05. The summed E-state index contributed by atoms with van der Waals surface area (Å²) in [5.74, 6) is 1.68. The second-order valence-corrected chi connectivity index (χ2v) is 7.67. The number of hydrogen-bond donors (Lipinski definition) is 0. The van der Waals surface area contributed by atoms with Gasteiger partial charge in [0.1, 0.15) is 5.82 Å². The number of anilines is 1. The van der Waals surface area contributed by atoms with Gasteiger partial charge in [-0.3, -0.25) is 0 Å². The van der Waals surface area contributed by atoms with E-state index in [2.05, 4.69) is 45.1 Å². The van der Waals surface area contributed by atoms with E-state index in [9.17, 15) is 0 Å². The molecule has 0 amide bonds. The molecule has 4 nitrogen and oxygen atoms in total. The summed E-state index contributed by atoms with van der Waals surface area (Å²) in [5, 5.41) is 1.17. The molecular weight excluding hydrogens is 368 g/mol. The van der Waals surface area contributed by atoms with Crippen molar-refractivity contribution in [2.75, 3.05) is 37.8 Å². The maximum absolute atomic E-state index is 6.10. The van der Waals surface area contributed by atoms with E-state index in [-0.39, 0.29) is 0 Å². The zero-order valence-corrected chi connectivity index (χ0v) is 15.4. The molecule has 2 fully saturated rings. The Kier molecular flexibility index (Phi) is 5.01. The van der Waals surface area contributed by atoms with Gasteiger partial charge in [-0.15, -0.1) is 0 Å². The number of pyridine rings is 1. The number of halogens is 1. The quantitative estimate of drug-likeness (QED) is 0.789. The van der Waals surface area contributed by atoms with Crippen molar-refractivity contribution in [2.24, 2.45) is 5.92 Å². The Morgan fingerprint density at radius 3 is 2.83 bits per heavy atom. The third-order valence-corrected chi connectivity index (χ3v) is 5.49.